The van der Waals surface area contributed by atoms with Crippen LogP contribution in [-0.2, 0) is 9.59 Å². The van der Waals surface area contributed by atoms with E-state index in [-0.39, 0.29) is 0 Å². The number of hydrogen-bond acceptors (Lipinski definition) is 3. The number of carbonyl (C=O) groups is 2. The fourth-order valence-electron chi connectivity index (χ4n) is 1.46. The monoisotopic (exact) mass is 223 g/mol. The summed E-state index contributed by atoms with van der Waals surface area (Å²) in [7, 11) is 1.62. The third-order valence-electron chi connectivity index (χ3n) is 2.83. The molecule has 0 N–H and O–H groups in total. The maximum Gasteiger partial charge on any atom is 0.312 e. The first-order chi connectivity index (χ1) is 7.37. The molecule has 1 fully saturated rings. The first-order valence-electron chi connectivity index (χ1n) is 5.33. The molecule has 0 aromatic rings. The number of amides is 2. The van der Waals surface area contributed by atoms with Crippen LogP contribution in [0.15, 0.2) is 0 Å². The molecule has 0 radical (unpaired) electrons. The largest absolute Gasteiger partial charge is 0.336 e. The molecule has 88 valence electrons. The lowest BCUT2D eigenvalue weighted by molar-refractivity contribution is -0.155. The van der Waals surface area contributed by atoms with Crippen molar-refractivity contribution < 1.29 is 9.59 Å². The quantitative estimate of drug-likeness (QED) is 0.643. The Labute approximate surface area is 95.6 Å². The van der Waals surface area contributed by atoms with Crippen molar-refractivity contribution in [1.29, 1.82) is 5.26 Å². The summed E-state index contributed by atoms with van der Waals surface area (Å²) in [5.41, 5.74) is -0.452. The van der Waals surface area contributed by atoms with E-state index in [9.17, 15) is 9.59 Å². The smallest absolute Gasteiger partial charge is 0.312 e. The molecule has 1 heterocycles. The molecule has 5 heteroatoms. The van der Waals surface area contributed by atoms with E-state index >= 15 is 0 Å². The van der Waals surface area contributed by atoms with Crippen LogP contribution in [0.1, 0.15) is 20.3 Å². The van der Waals surface area contributed by atoms with Gasteiger partial charge in [0.2, 0.25) is 0 Å². The third kappa shape index (κ3) is 2.72. The Morgan fingerprint density at radius 3 is 2.50 bits per heavy atom. The first kappa shape index (κ1) is 12.5. The number of carbonyl (C=O) groups excluding carboxylic acids is 2. The standard InChI is InChI=1S/C11H17N3O2/c1-11(2,8-12)4-5-14-7-6-13(3)9(15)10(14)16/h4-7H2,1-3H3. The van der Waals surface area contributed by atoms with Crippen molar-refractivity contribution >= 4 is 11.8 Å². The zero-order valence-corrected chi connectivity index (χ0v) is 9.99. The zero-order valence-electron chi connectivity index (χ0n) is 9.99. The fraction of sp³-hybridized carbons (Fsp3) is 0.727. The van der Waals surface area contributed by atoms with Gasteiger partial charge in [0.15, 0.2) is 0 Å². The summed E-state index contributed by atoms with van der Waals surface area (Å²) in [6, 6.07) is 2.18. The highest BCUT2D eigenvalue weighted by atomic mass is 16.2. The van der Waals surface area contributed by atoms with Crippen LogP contribution in [0.3, 0.4) is 0 Å². The topological polar surface area (TPSA) is 64.4 Å². The summed E-state index contributed by atoms with van der Waals surface area (Å²) < 4.78 is 0. The normalized spacial score (nSPS) is 17.6. The Morgan fingerprint density at radius 2 is 1.94 bits per heavy atom. The van der Waals surface area contributed by atoms with Gasteiger partial charge in [0.05, 0.1) is 11.5 Å². The fourth-order valence-corrected chi connectivity index (χ4v) is 1.46. The molecule has 0 aliphatic carbocycles. The molecule has 16 heavy (non-hydrogen) atoms. The average Bonchev–Trinajstić information content (AvgIpc) is 2.25. The van der Waals surface area contributed by atoms with Gasteiger partial charge in [0.1, 0.15) is 0 Å². The van der Waals surface area contributed by atoms with Gasteiger partial charge in [-0.25, -0.2) is 0 Å². The van der Waals surface area contributed by atoms with E-state index < -0.39 is 17.2 Å². The lowest BCUT2D eigenvalue weighted by atomic mass is 9.91. The van der Waals surface area contributed by atoms with Gasteiger partial charge in [-0.05, 0) is 20.3 Å². The summed E-state index contributed by atoms with van der Waals surface area (Å²) >= 11 is 0. The van der Waals surface area contributed by atoms with Gasteiger partial charge >= 0.3 is 11.8 Å². The highest BCUT2D eigenvalue weighted by Crippen LogP contribution is 2.19. The second-order valence-electron chi connectivity index (χ2n) is 4.76. The number of piperazine rings is 1. The van der Waals surface area contributed by atoms with Gasteiger partial charge < -0.3 is 9.80 Å². The van der Waals surface area contributed by atoms with Gasteiger partial charge in [-0.3, -0.25) is 9.59 Å². The van der Waals surface area contributed by atoms with Gasteiger partial charge in [0, 0.05) is 26.7 Å². The second kappa shape index (κ2) is 4.52. The molecular weight excluding hydrogens is 206 g/mol. The van der Waals surface area contributed by atoms with Crippen LogP contribution in [0.2, 0.25) is 0 Å². The van der Waals surface area contributed by atoms with Crippen LogP contribution in [0, 0.1) is 16.7 Å². The molecule has 0 aromatic carbocycles. The van der Waals surface area contributed by atoms with Gasteiger partial charge in [-0.15, -0.1) is 0 Å². The molecule has 0 bridgehead atoms. The molecular formula is C11H17N3O2. The zero-order chi connectivity index (χ0) is 12.3. The van der Waals surface area contributed by atoms with Crippen molar-refractivity contribution in [2.75, 3.05) is 26.7 Å². The minimum Gasteiger partial charge on any atom is -0.336 e. The lowest BCUT2D eigenvalue weighted by Crippen LogP contribution is -2.53. The van der Waals surface area contributed by atoms with E-state index in [0.29, 0.717) is 26.1 Å². The number of nitriles is 1. The Hall–Kier alpha value is -1.57. The van der Waals surface area contributed by atoms with Gasteiger partial charge in [0.25, 0.3) is 0 Å². The molecule has 1 aliphatic rings. The lowest BCUT2D eigenvalue weighted by Gasteiger charge is -2.32. The van der Waals surface area contributed by atoms with Crippen LogP contribution in [0.5, 0.6) is 0 Å². The summed E-state index contributed by atoms with van der Waals surface area (Å²) in [5, 5.41) is 8.85. The van der Waals surface area contributed by atoms with Crippen LogP contribution in [0.4, 0.5) is 0 Å². The minimum absolute atomic E-state index is 0.452. The van der Waals surface area contributed by atoms with Crippen molar-refractivity contribution in [1.82, 2.24) is 9.80 Å². The molecule has 0 spiro atoms. The van der Waals surface area contributed by atoms with Crippen molar-refractivity contribution in [3.05, 3.63) is 0 Å². The van der Waals surface area contributed by atoms with Crippen LogP contribution in [-0.4, -0.2) is 48.3 Å². The minimum atomic E-state index is -0.457. The van der Waals surface area contributed by atoms with Crippen LogP contribution < -0.4 is 0 Å². The second-order valence-corrected chi connectivity index (χ2v) is 4.76. The van der Waals surface area contributed by atoms with Crippen molar-refractivity contribution in [2.45, 2.75) is 20.3 Å². The molecule has 5 nitrogen and oxygen atoms in total. The summed E-state index contributed by atoms with van der Waals surface area (Å²) in [6.07, 6.45) is 0.590. The SMILES string of the molecule is CN1CCN(CCC(C)(C)C#N)C(=O)C1=O. The molecule has 0 aromatic heterocycles. The Morgan fingerprint density at radius 1 is 1.31 bits per heavy atom. The summed E-state index contributed by atoms with van der Waals surface area (Å²) in [6.45, 7) is 5.25. The number of rotatable bonds is 3. The number of hydrogen-bond donors (Lipinski definition) is 0. The highest BCUT2D eigenvalue weighted by molar-refractivity contribution is 6.35. The Kier molecular flexibility index (Phi) is 3.53. The number of likely N-dealkylation sites (N-methyl/N-ethyl adjacent to an activating group) is 1. The molecule has 0 atom stereocenters. The maximum atomic E-state index is 11.6. The van der Waals surface area contributed by atoms with E-state index in [1.807, 2.05) is 13.8 Å². The predicted octanol–water partition coefficient (Wildman–Crippen LogP) is 0.227. The maximum absolute atomic E-state index is 11.6. The van der Waals surface area contributed by atoms with E-state index in [1.165, 1.54) is 9.80 Å². The van der Waals surface area contributed by atoms with Crippen LogP contribution in [0.25, 0.3) is 0 Å². The molecule has 2 amide bonds. The van der Waals surface area contributed by atoms with E-state index in [2.05, 4.69) is 6.07 Å². The molecule has 1 rings (SSSR count). The van der Waals surface area contributed by atoms with Crippen LogP contribution >= 0.6 is 0 Å². The molecule has 1 aliphatic heterocycles. The van der Waals surface area contributed by atoms with Gasteiger partial charge in [-0.2, -0.15) is 5.26 Å². The van der Waals surface area contributed by atoms with Crippen molar-refractivity contribution in [3.63, 3.8) is 0 Å². The number of nitrogens with zero attached hydrogens (tertiary/aromatic N) is 3. The van der Waals surface area contributed by atoms with E-state index in [4.69, 9.17) is 5.26 Å². The summed E-state index contributed by atoms with van der Waals surface area (Å²) in [4.78, 5) is 25.9. The Bertz CT molecular complexity index is 344. The Balaban J connectivity index is 2.54. The van der Waals surface area contributed by atoms with E-state index in [0.717, 1.165) is 0 Å². The third-order valence-corrected chi connectivity index (χ3v) is 2.83. The highest BCUT2D eigenvalue weighted by Gasteiger charge is 2.31. The van der Waals surface area contributed by atoms with Gasteiger partial charge in [-0.1, -0.05) is 0 Å². The average molecular weight is 223 g/mol. The summed E-state index contributed by atoms with van der Waals surface area (Å²) in [5.74, 6) is -0.913. The van der Waals surface area contributed by atoms with Crippen molar-refractivity contribution in [3.8, 4) is 6.07 Å². The predicted molar refractivity (Wildman–Crippen MR) is 58.2 cm³/mol. The van der Waals surface area contributed by atoms with E-state index in [1.54, 1.807) is 7.05 Å². The first-order valence-corrected chi connectivity index (χ1v) is 5.33. The molecule has 0 saturated carbocycles. The molecule has 0 unspecified atom stereocenters. The molecule has 1 saturated heterocycles. The van der Waals surface area contributed by atoms with Crippen molar-refractivity contribution in [2.24, 2.45) is 5.41 Å².